The molecule has 0 saturated carbocycles. The fourth-order valence-corrected chi connectivity index (χ4v) is 2.81. The van der Waals surface area contributed by atoms with Crippen LogP contribution in [0.4, 0.5) is 0 Å². The van der Waals surface area contributed by atoms with Gasteiger partial charge in [0.15, 0.2) is 0 Å². The smallest absolute Gasteiger partial charge is 0.320 e. The average Bonchev–Trinajstić information content (AvgIpc) is 2.84. The Morgan fingerprint density at radius 2 is 1.20 bits per heavy atom. The topological polar surface area (TPSA) is 174 Å². The molecule has 2 unspecified atom stereocenters. The zero-order chi connectivity index (χ0) is 26.2. The molecule has 0 aliphatic heterocycles. The Labute approximate surface area is 209 Å². The standard InChI is InChI=1S/C21H41N4O9P/c1-2-18(26)23-7-9-31-11-14-34-16-20(28)24-8-10-32-12-13-33-15-19(27)22-6-4-3-5-17(25-35)21(29)30/h17,25H,2-16,35H2,1H3,(H,22,27)(H,23,26)(H,24,28)(H,29,30). The molecule has 0 fully saturated rings. The first kappa shape index (κ1) is 33.1. The number of carboxylic acid groups (broad SMARTS) is 1. The van der Waals surface area contributed by atoms with Crippen LogP contribution in [0.25, 0.3) is 0 Å². The van der Waals surface area contributed by atoms with Crippen molar-refractivity contribution in [1.29, 1.82) is 0 Å². The monoisotopic (exact) mass is 524 g/mol. The summed E-state index contributed by atoms with van der Waals surface area (Å²) in [5.41, 5.74) is 0. The molecule has 35 heavy (non-hydrogen) atoms. The lowest BCUT2D eigenvalue weighted by atomic mass is 10.1. The first-order chi connectivity index (χ1) is 16.9. The van der Waals surface area contributed by atoms with E-state index < -0.39 is 12.0 Å². The SMILES string of the molecule is CCC(=O)NCCOCCOCC(=O)NCCOCCOCC(=O)NCCCCC(NP)C(=O)O. The molecule has 0 aliphatic carbocycles. The van der Waals surface area contributed by atoms with E-state index in [0.717, 1.165) is 0 Å². The number of nitrogens with one attached hydrogen (secondary N) is 4. The number of rotatable bonds is 24. The lowest BCUT2D eigenvalue weighted by Crippen LogP contribution is -2.32. The Kier molecular flexibility index (Phi) is 22.5. The maximum atomic E-state index is 11.7. The quantitative estimate of drug-likeness (QED) is 0.0763. The Bertz CT molecular complexity index is 599. The average molecular weight is 525 g/mol. The highest BCUT2D eigenvalue weighted by atomic mass is 31.0. The molecule has 14 heteroatoms. The summed E-state index contributed by atoms with van der Waals surface area (Å²) >= 11 is 0. The molecular weight excluding hydrogens is 483 g/mol. The van der Waals surface area contributed by atoms with Crippen molar-refractivity contribution in [3.63, 3.8) is 0 Å². The van der Waals surface area contributed by atoms with Crippen molar-refractivity contribution in [2.45, 2.75) is 38.6 Å². The maximum absolute atomic E-state index is 11.7. The van der Waals surface area contributed by atoms with E-state index in [1.165, 1.54) is 0 Å². The molecule has 0 bridgehead atoms. The van der Waals surface area contributed by atoms with Gasteiger partial charge in [-0.3, -0.25) is 24.3 Å². The maximum Gasteiger partial charge on any atom is 0.320 e. The van der Waals surface area contributed by atoms with Gasteiger partial charge in [-0.25, -0.2) is 0 Å². The molecule has 0 heterocycles. The van der Waals surface area contributed by atoms with E-state index in [4.69, 9.17) is 24.1 Å². The van der Waals surface area contributed by atoms with Gasteiger partial charge in [-0.15, -0.1) is 0 Å². The van der Waals surface area contributed by atoms with Crippen LogP contribution in [-0.2, 0) is 38.1 Å². The van der Waals surface area contributed by atoms with E-state index in [-0.39, 0.29) is 50.8 Å². The molecule has 0 saturated heterocycles. The number of ether oxygens (including phenoxy) is 4. The minimum atomic E-state index is -0.902. The van der Waals surface area contributed by atoms with Gasteiger partial charge in [0.25, 0.3) is 0 Å². The van der Waals surface area contributed by atoms with Crippen molar-refractivity contribution >= 4 is 33.1 Å². The van der Waals surface area contributed by atoms with Crippen molar-refractivity contribution in [2.24, 2.45) is 0 Å². The van der Waals surface area contributed by atoms with Crippen LogP contribution < -0.4 is 21.0 Å². The van der Waals surface area contributed by atoms with Crippen molar-refractivity contribution in [3.05, 3.63) is 0 Å². The van der Waals surface area contributed by atoms with Gasteiger partial charge in [0.2, 0.25) is 17.7 Å². The number of hydrogen-bond acceptors (Lipinski definition) is 9. The van der Waals surface area contributed by atoms with Gasteiger partial charge in [0.1, 0.15) is 19.3 Å². The number of carbonyl (C=O) groups excluding carboxylic acids is 3. The third kappa shape index (κ3) is 22.3. The number of aliphatic carboxylic acids is 1. The molecule has 0 radical (unpaired) electrons. The predicted molar refractivity (Wildman–Crippen MR) is 131 cm³/mol. The van der Waals surface area contributed by atoms with Gasteiger partial charge in [-0.1, -0.05) is 16.3 Å². The van der Waals surface area contributed by atoms with E-state index in [9.17, 15) is 19.2 Å². The summed E-state index contributed by atoms with van der Waals surface area (Å²) < 4.78 is 21.0. The second kappa shape index (κ2) is 23.8. The third-order valence-electron chi connectivity index (χ3n) is 4.41. The van der Waals surface area contributed by atoms with Crippen molar-refractivity contribution in [2.75, 3.05) is 72.5 Å². The molecule has 0 rings (SSSR count). The molecule has 0 aromatic rings. The molecular formula is C21H41N4O9P. The van der Waals surface area contributed by atoms with Crippen LogP contribution in [0.2, 0.25) is 0 Å². The molecule has 13 nitrogen and oxygen atoms in total. The van der Waals surface area contributed by atoms with Crippen LogP contribution in [0.3, 0.4) is 0 Å². The van der Waals surface area contributed by atoms with Crippen LogP contribution in [-0.4, -0.2) is 107 Å². The van der Waals surface area contributed by atoms with Crippen LogP contribution >= 0.6 is 9.39 Å². The first-order valence-electron chi connectivity index (χ1n) is 11.7. The molecule has 0 aliphatic rings. The molecule has 5 N–H and O–H groups in total. The zero-order valence-electron chi connectivity index (χ0n) is 20.5. The minimum Gasteiger partial charge on any atom is -0.480 e. The van der Waals surface area contributed by atoms with Crippen LogP contribution in [0.15, 0.2) is 0 Å². The molecule has 204 valence electrons. The summed E-state index contributed by atoms with van der Waals surface area (Å²) in [7, 11) is 2.19. The van der Waals surface area contributed by atoms with Crippen LogP contribution in [0.5, 0.6) is 0 Å². The molecule has 0 aromatic carbocycles. The van der Waals surface area contributed by atoms with Gasteiger partial charge in [0, 0.05) is 26.1 Å². The van der Waals surface area contributed by atoms with Crippen molar-refractivity contribution < 1.29 is 43.2 Å². The lowest BCUT2D eigenvalue weighted by molar-refractivity contribution is -0.139. The second-order valence-corrected chi connectivity index (χ2v) is 7.62. The number of amides is 3. The number of hydrogen-bond donors (Lipinski definition) is 5. The Morgan fingerprint density at radius 1 is 0.714 bits per heavy atom. The fraction of sp³-hybridized carbons (Fsp3) is 0.810. The summed E-state index contributed by atoms with van der Waals surface area (Å²) in [6.07, 6.45) is 2.27. The second-order valence-electron chi connectivity index (χ2n) is 7.29. The van der Waals surface area contributed by atoms with Gasteiger partial charge in [-0.2, -0.15) is 0 Å². The van der Waals surface area contributed by atoms with E-state index in [2.05, 4.69) is 30.4 Å². The molecule has 3 amide bonds. The van der Waals surface area contributed by atoms with Gasteiger partial charge in [0.05, 0.1) is 39.6 Å². The summed E-state index contributed by atoms with van der Waals surface area (Å²) in [6, 6.07) is -0.607. The Morgan fingerprint density at radius 3 is 1.69 bits per heavy atom. The van der Waals surface area contributed by atoms with E-state index in [1.54, 1.807) is 6.92 Å². The van der Waals surface area contributed by atoms with Crippen LogP contribution in [0, 0.1) is 0 Å². The number of carboxylic acids is 1. The van der Waals surface area contributed by atoms with Crippen LogP contribution in [0.1, 0.15) is 32.6 Å². The van der Waals surface area contributed by atoms with Gasteiger partial charge >= 0.3 is 5.97 Å². The third-order valence-corrected chi connectivity index (χ3v) is 4.81. The van der Waals surface area contributed by atoms with Crippen molar-refractivity contribution in [3.8, 4) is 0 Å². The predicted octanol–water partition coefficient (Wildman–Crippen LogP) is -1.19. The van der Waals surface area contributed by atoms with Gasteiger partial charge in [-0.05, 0) is 19.3 Å². The van der Waals surface area contributed by atoms with E-state index in [0.29, 0.717) is 65.1 Å². The fourth-order valence-electron chi connectivity index (χ4n) is 2.50. The minimum absolute atomic E-state index is 0.0249. The zero-order valence-corrected chi connectivity index (χ0v) is 21.6. The normalized spacial score (nSPS) is 11.6. The highest BCUT2D eigenvalue weighted by Gasteiger charge is 2.13. The number of carbonyl (C=O) groups is 4. The summed E-state index contributed by atoms with van der Waals surface area (Å²) in [6.45, 7) is 4.66. The van der Waals surface area contributed by atoms with E-state index in [1.807, 2.05) is 0 Å². The molecule has 0 aromatic heterocycles. The van der Waals surface area contributed by atoms with Gasteiger partial charge < -0.3 is 40.0 Å². The van der Waals surface area contributed by atoms with E-state index >= 15 is 0 Å². The number of unbranched alkanes of at least 4 members (excludes halogenated alkanes) is 1. The largest absolute Gasteiger partial charge is 0.480 e. The Balaban J connectivity index is 3.39. The Hall–Kier alpha value is -1.89. The highest BCUT2D eigenvalue weighted by molar-refractivity contribution is 7.13. The first-order valence-corrected chi connectivity index (χ1v) is 12.3. The highest BCUT2D eigenvalue weighted by Crippen LogP contribution is 2.02. The summed E-state index contributed by atoms with van der Waals surface area (Å²) in [5, 5.41) is 19.6. The summed E-state index contributed by atoms with van der Waals surface area (Å²) in [4.78, 5) is 45.2. The molecule has 0 spiro atoms. The molecule has 2 atom stereocenters. The lowest BCUT2D eigenvalue weighted by Gasteiger charge is -2.11. The van der Waals surface area contributed by atoms with Crippen molar-refractivity contribution in [1.82, 2.24) is 21.0 Å². The summed E-state index contributed by atoms with van der Waals surface area (Å²) in [5.74, 6) is -1.44.